The third-order valence-electron chi connectivity index (χ3n) is 1.41. The molecule has 0 saturated heterocycles. The van der Waals surface area contributed by atoms with Crippen LogP contribution in [0.15, 0.2) is 0 Å². The maximum atomic E-state index is 11.1. The van der Waals surface area contributed by atoms with Crippen molar-refractivity contribution in [3.63, 3.8) is 0 Å². The molecule has 0 saturated carbocycles. The van der Waals surface area contributed by atoms with E-state index in [2.05, 4.69) is 9.05 Å². The molecular formula is C6H13N2O8P. The molecule has 0 bridgehead atoms. The number of carbonyl (C=O) groups is 2. The van der Waals surface area contributed by atoms with Crippen molar-refractivity contribution in [2.24, 2.45) is 11.5 Å². The van der Waals surface area contributed by atoms with Crippen LogP contribution in [0.4, 0.5) is 0 Å². The van der Waals surface area contributed by atoms with Gasteiger partial charge in [-0.25, -0.2) is 14.2 Å². The predicted octanol–water partition coefficient (Wildman–Crippen LogP) is -3.19. The molecule has 0 rings (SSSR count). The maximum absolute atomic E-state index is 11.1. The van der Waals surface area contributed by atoms with Gasteiger partial charge in [0.1, 0.15) is 12.1 Å². The van der Waals surface area contributed by atoms with Crippen molar-refractivity contribution in [3.8, 4) is 0 Å². The molecule has 0 unspecified atom stereocenters. The largest absolute Gasteiger partial charge is 0.589 e. The highest BCUT2D eigenvalue weighted by atomic mass is 31.2. The first kappa shape index (κ1) is 16.0. The molecule has 0 heterocycles. The molecule has 0 aromatic rings. The van der Waals surface area contributed by atoms with Gasteiger partial charge in [0, 0.05) is 0 Å². The van der Waals surface area contributed by atoms with Crippen molar-refractivity contribution < 1.29 is 38.3 Å². The molecule has 0 amide bonds. The standard InChI is InChI=1S/C6H13N2O8P/c7-3(1-9)5(11)15-17(13,14)16-6(12)4(8)2-10/h3-4,9-10H,1-2,7-8H2,(H,13,14)/t3-,4-/m0/s1. The third kappa shape index (κ3) is 5.73. The Morgan fingerprint density at radius 3 is 1.59 bits per heavy atom. The molecule has 100 valence electrons. The molecule has 10 nitrogen and oxygen atoms in total. The minimum Gasteiger partial charge on any atom is -0.394 e. The van der Waals surface area contributed by atoms with Gasteiger partial charge in [-0.05, 0) is 0 Å². The monoisotopic (exact) mass is 272 g/mol. The van der Waals surface area contributed by atoms with Crippen LogP contribution in [0.2, 0.25) is 0 Å². The minimum absolute atomic E-state index is 0.817. The summed E-state index contributed by atoms with van der Waals surface area (Å²) in [5, 5.41) is 16.9. The Hall–Kier alpha value is -1.03. The van der Waals surface area contributed by atoms with E-state index in [0.29, 0.717) is 0 Å². The zero-order valence-electron chi connectivity index (χ0n) is 8.55. The Balaban J connectivity index is 4.44. The average Bonchev–Trinajstić information content (AvgIpc) is 2.25. The predicted molar refractivity (Wildman–Crippen MR) is 52.1 cm³/mol. The van der Waals surface area contributed by atoms with Gasteiger partial charge in [-0.2, -0.15) is 0 Å². The van der Waals surface area contributed by atoms with Crippen LogP contribution in [0.1, 0.15) is 0 Å². The van der Waals surface area contributed by atoms with Crippen molar-refractivity contribution in [1.29, 1.82) is 0 Å². The smallest absolute Gasteiger partial charge is 0.394 e. The molecule has 0 radical (unpaired) electrons. The molecule has 0 fully saturated rings. The van der Waals surface area contributed by atoms with Crippen LogP contribution in [0.3, 0.4) is 0 Å². The number of phosphoric ester groups is 1. The summed E-state index contributed by atoms with van der Waals surface area (Å²) < 4.78 is 18.8. The van der Waals surface area contributed by atoms with E-state index >= 15 is 0 Å². The van der Waals surface area contributed by atoms with E-state index in [9.17, 15) is 14.2 Å². The fourth-order valence-electron chi connectivity index (χ4n) is 0.530. The van der Waals surface area contributed by atoms with Crippen LogP contribution in [0.5, 0.6) is 0 Å². The maximum Gasteiger partial charge on any atom is 0.589 e. The Kier molecular flexibility index (Phi) is 6.24. The first-order chi connectivity index (χ1) is 7.73. The number of hydrogen-bond acceptors (Lipinski definition) is 9. The lowest BCUT2D eigenvalue weighted by Gasteiger charge is -2.14. The highest BCUT2D eigenvalue weighted by molar-refractivity contribution is 7.48. The summed E-state index contributed by atoms with van der Waals surface area (Å²) >= 11 is 0. The van der Waals surface area contributed by atoms with Crippen LogP contribution in [-0.2, 0) is 23.2 Å². The van der Waals surface area contributed by atoms with E-state index in [4.69, 9.17) is 26.6 Å². The Morgan fingerprint density at radius 2 is 1.35 bits per heavy atom. The summed E-state index contributed by atoms with van der Waals surface area (Å²) in [6, 6.07) is -3.08. The second-order valence-electron chi connectivity index (χ2n) is 2.87. The molecule has 11 heteroatoms. The van der Waals surface area contributed by atoms with Gasteiger partial charge >= 0.3 is 19.8 Å². The third-order valence-corrected chi connectivity index (χ3v) is 2.23. The molecule has 17 heavy (non-hydrogen) atoms. The average molecular weight is 272 g/mol. The molecule has 0 aromatic heterocycles. The Morgan fingerprint density at radius 1 is 1.06 bits per heavy atom. The van der Waals surface area contributed by atoms with Crippen LogP contribution < -0.4 is 11.5 Å². The van der Waals surface area contributed by atoms with Gasteiger partial charge < -0.3 is 30.7 Å². The van der Waals surface area contributed by atoms with E-state index < -0.39 is 45.1 Å². The van der Waals surface area contributed by atoms with E-state index in [-0.39, 0.29) is 0 Å². The van der Waals surface area contributed by atoms with E-state index in [1.807, 2.05) is 0 Å². The number of nitrogens with two attached hydrogens (primary N) is 2. The summed E-state index contributed by atoms with van der Waals surface area (Å²) in [5.41, 5.74) is 9.96. The zero-order chi connectivity index (χ0) is 13.6. The Labute approximate surface area is 95.7 Å². The number of phosphoric acid groups is 1. The van der Waals surface area contributed by atoms with Gasteiger partial charge in [-0.15, -0.1) is 0 Å². The normalized spacial score (nSPS) is 14.9. The quantitative estimate of drug-likeness (QED) is 0.309. The van der Waals surface area contributed by atoms with E-state index in [0.717, 1.165) is 0 Å². The number of carbonyl (C=O) groups excluding carboxylic acids is 2. The number of hydrogen-bond donors (Lipinski definition) is 5. The highest BCUT2D eigenvalue weighted by Crippen LogP contribution is 2.43. The summed E-state index contributed by atoms with van der Waals surface area (Å²) in [6.07, 6.45) is 0. The molecule has 2 atom stereocenters. The molecular weight excluding hydrogens is 259 g/mol. The van der Waals surface area contributed by atoms with E-state index in [1.54, 1.807) is 0 Å². The lowest BCUT2D eigenvalue weighted by atomic mass is 10.3. The fourth-order valence-corrected chi connectivity index (χ4v) is 1.29. The summed E-state index contributed by atoms with van der Waals surface area (Å²) in [4.78, 5) is 30.7. The lowest BCUT2D eigenvalue weighted by Crippen LogP contribution is -2.37. The van der Waals surface area contributed by atoms with Crippen LogP contribution in [0, 0.1) is 0 Å². The highest BCUT2D eigenvalue weighted by Gasteiger charge is 2.34. The second-order valence-corrected chi connectivity index (χ2v) is 4.17. The van der Waals surface area contributed by atoms with Crippen molar-refractivity contribution in [1.82, 2.24) is 0 Å². The summed E-state index contributed by atoms with van der Waals surface area (Å²) in [5.74, 6) is -2.85. The van der Waals surface area contributed by atoms with Gasteiger partial charge in [0.2, 0.25) is 0 Å². The second kappa shape index (κ2) is 6.64. The molecule has 0 spiro atoms. The first-order valence-corrected chi connectivity index (χ1v) is 5.75. The minimum atomic E-state index is -5.02. The van der Waals surface area contributed by atoms with Crippen LogP contribution in [0.25, 0.3) is 0 Å². The zero-order valence-corrected chi connectivity index (χ0v) is 9.45. The van der Waals surface area contributed by atoms with Gasteiger partial charge in [0.05, 0.1) is 13.2 Å². The topological polar surface area (TPSA) is 182 Å². The van der Waals surface area contributed by atoms with Crippen LogP contribution >= 0.6 is 7.82 Å². The molecule has 0 aliphatic heterocycles. The van der Waals surface area contributed by atoms with Crippen molar-refractivity contribution in [2.45, 2.75) is 12.1 Å². The van der Waals surface area contributed by atoms with Crippen molar-refractivity contribution in [3.05, 3.63) is 0 Å². The first-order valence-electron chi connectivity index (χ1n) is 4.26. The van der Waals surface area contributed by atoms with Crippen molar-refractivity contribution in [2.75, 3.05) is 13.2 Å². The summed E-state index contributed by atoms with van der Waals surface area (Å²) in [6.45, 7) is -1.63. The Bertz CT molecular complexity index is 306. The van der Waals surface area contributed by atoms with Gasteiger partial charge in [0.15, 0.2) is 0 Å². The van der Waals surface area contributed by atoms with Gasteiger partial charge in [-0.1, -0.05) is 0 Å². The van der Waals surface area contributed by atoms with Crippen LogP contribution in [-0.4, -0.2) is 52.3 Å². The SMILES string of the molecule is N[C@@H](CO)C(=O)OP(=O)(O)OC(=O)[C@@H](N)CO. The molecule has 7 N–H and O–H groups in total. The van der Waals surface area contributed by atoms with Gasteiger partial charge in [0.25, 0.3) is 0 Å². The fraction of sp³-hybridized carbons (Fsp3) is 0.667. The molecule has 0 aliphatic carbocycles. The van der Waals surface area contributed by atoms with E-state index in [1.165, 1.54) is 0 Å². The summed E-state index contributed by atoms with van der Waals surface area (Å²) in [7, 11) is -5.02. The lowest BCUT2D eigenvalue weighted by molar-refractivity contribution is -0.142. The van der Waals surface area contributed by atoms with Gasteiger partial charge in [-0.3, -0.25) is 4.89 Å². The number of aliphatic hydroxyl groups is 2. The number of aliphatic hydroxyl groups excluding tert-OH is 2. The van der Waals surface area contributed by atoms with Crippen molar-refractivity contribution >= 4 is 19.8 Å². The number of rotatable bonds is 6. The molecule has 0 aromatic carbocycles. The molecule has 0 aliphatic rings.